The first kappa shape index (κ1) is 20.6. The zero-order valence-corrected chi connectivity index (χ0v) is 16.6. The van der Waals surface area contributed by atoms with Crippen LogP contribution in [0.15, 0.2) is 48.5 Å². The van der Waals surface area contributed by atoms with Crippen LogP contribution in [-0.4, -0.2) is 32.6 Å². The molecule has 0 saturated carbocycles. The molecular weight excluding hydrogens is 375 g/mol. The van der Waals surface area contributed by atoms with E-state index in [1.807, 2.05) is 0 Å². The van der Waals surface area contributed by atoms with Gasteiger partial charge in [-0.05, 0) is 60.4 Å². The minimum absolute atomic E-state index is 0.178. The summed E-state index contributed by atoms with van der Waals surface area (Å²) in [7, 11) is 3.07. The van der Waals surface area contributed by atoms with Crippen molar-refractivity contribution in [2.45, 2.75) is 19.3 Å². The zero-order valence-electron chi connectivity index (χ0n) is 16.6. The van der Waals surface area contributed by atoms with Gasteiger partial charge in [0.05, 0.1) is 20.8 Å². The SMILES string of the molecule is CCOC(=O)C1C(=O)C=C(c2cccc(F)c2)CC1c1cc(OC)cc(OC)c1. The topological polar surface area (TPSA) is 61.8 Å². The summed E-state index contributed by atoms with van der Waals surface area (Å²) in [4.78, 5) is 25.5. The third-order valence-electron chi connectivity index (χ3n) is 5.00. The number of allylic oxidation sites excluding steroid dienone is 2. The van der Waals surface area contributed by atoms with Gasteiger partial charge in [0.25, 0.3) is 0 Å². The predicted molar refractivity (Wildman–Crippen MR) is 106 cm³/mol. The third kappa shape index (κ3) is 4.47. The van der Waals surface area contributed by atoms with Gasteiger partial charge in [-0.1, -0.05) is 12.1 Å². The van der Waals surface area contributed by atoms with Gasteiger partial charge in [-0.3, -0.25) is 9.59 Å². The smallest absolute Gasteiger partial charge is 0.317 e. The molecule has 1 aliphatic carbocycles. The molecule has 0 N–H and O–H groups in total. The summed E-state index contributed by atoms with van der Waals surface area (Å²) < 4.78 is 29.6. The molecule has 0 radical (unpaired) electrons. The van der Waals surface area contributed by atoms with Gasteiger partial charge in [0.15, 0.2) is 5.78 Å². The van der Waals surface area contributed by atoms with Crippen molar-refractivity contribution in [3.05, 3.63) is 65.5 Å². The molecule has 2 unspecified atom stereocenters. The lowest BCUT2D eigenvalue weighted by atomic mass is 9.73. The van der Waals surface area contributed by atoms with Crippen LogP contribution in [0.1, 0.15) is 30.4 Å². The standard InChI is InChI=1S/C23H23FO5/c1-4-29-23(26)22-20(16-9-18(27-2)13-19(10-16)28-3)11-15(12-21(22)25)14-6-5-7-17(24)8-14/h5-10,12-13,20,22H,4,11H2,1-3H3. The van der Waals surface area contributed by atoms with Gasteiger partial charge in [-0.25, -0.2) is 4.39 Å². The maximum atomic E-state index is 13.7. The quantitative estimate of drug-likeness (QED) is 0.540. The zero-order chi connectivity index (χ0) is 21.0. The van der Waals surface area contributed by atoms with Crippen LogP contribution in [-0.2, 0) is 14.3 Å². The Labute approximate surface area is 169 Å². The second-order valence-electron chi connectivity index (χ2n) is 6.77. The highest BCUT2D eigenvalue weighted by Gasteiger charge is 2.40. The van der Waals surface area contributed by atoms with Crippen LogP contribution in [0.25, 0.3) is 5.57 Å². The Kier molecular flexibility index (Phi) is 6.32. The highest BCUT2D eigenvalue weighted by Crippen LogP contribution is 2.42. The Morgan fingerprint density at radius 1 is 1.10 bits per heavy atom. The molecule has 1 aliphatic rings. The molecule has 0 fully saturated rings. The van der Waals surface area contributed by atoms with Crippen LogP contribution in [0.4, 0.5) is 4.39 Å². The summed E-state index contributed by atoms with van der Waals surface area (Å²) in [6.07, 6.45) is 1.79. The van der Waals surface area contributed by atoms with Crippen LogP contribution in [0.2, 0.25) is 0 Å². The second kappa shape index (κ2) is 8.90. The van der Waals surface area contributed by atoms with Crippen LogP contribution < -0.4 is 9.47 Å². The number of carbonyl (C=O) groups excluding carboxylic acids is 2. The van der Waals surface area contributed by atoms with Gasteiger partial charge in [0.2, 0.25) is 0 Å². The number of carbonyl (C=O) groups is 2. The Morgan fingerprint density at radius 2 is 1.79 bits per heavy atom. The normalized spacial score (nSPS) is 18.8. The largest absolute Gasteiger partial charge is 0.497 e. The van der Waals surface area contributed by atoms with Crippen LogP contribution >= 0.6 is 0 Å². The molecule has 0 bridgehead atoms. The summed E-state index contributed by atoms with van der Waals surface area (Å²) >= 11 is 0. The van der Waals surface area contributed by atoms with Crippen molar-refractivity contribution in [2.75, 3.05) is 20.8 Å². The number of benzene rings is 2. The average molecular weight is 398 g/mol. The van der Waals surface area contributed by atoms with E-state index < -0.39 is 17.8 Å². The highest BCUT2D eigenvalue weighted by atomic mass is 19.1. The summed E-state index contributed by atoms with van der Waals surface area (Å²) in [6, 6.07) is 11.3. The molecule has 0 spiro atoms. The van der Waals surface area contributed by atoms with E-state index in [-0.39, 0.29) is 18.2 Å². The monoisotopic (exact) mass is 398 g/mol. The number of rotatable bonds is 6. The number of hydrogen-bond acceptors (Lipinski definition) is 5. The van der Waals surface area contributed by atoms with E-state index in [0.29, 0.717) is 29.1 Å². The number of ether oxygens (including phenoxy) is 3. The number of ketones is 1. The van der Waals surface area contributed by atoms with Gasteiger partial charge in [-0.2, -0.15) is 0 Å². The molecule has 0 aromatic heterocycles. The maximum Gasteiger partial charge on any atom is 0.317 e. The first-order valence-corrected chi connectivity index (χ1v) is 9.36. The maximum absolute atomic E-state index is 13.7. The van der Waals surface area contributed by atoms with Gasteiger partial charge in [0, 0.05) is 12.0 Å². The summed E-state index contributed by atoms with van der Waals surface area (Å²) in [5.74, 6) is -1.69. The lowest BCUT2D eigenvalue weighted by molar-refractivity contribution is -0.151. The fourth-order valence-corrected chi connectivity index (χ4v) is 3.63. The second-order valence-corrected chi connectivity index (χ2v) is 6.77. The molecule has 2 aromatic rings. The average Bonchev–Trinajstić information content (AvgIpc) is 2.72. The Hall–Kier alpha value is -3.15. The molecule has 2 aromatic carbocycles. The van der Waals surface area contributed by atoms with Crippen molar-refractivity contribution in [1.82, 2.24) is 0 Å². The Bertz CT molecular complexity index is 928. The van der Waals surface area contributed by atoms with Crippen LogP contribution in [0.3, 0.4) is 0 Å². The predicted octanol–water partition coefficient (Wildman–Crippen LogP) is 4.16. The molecule has 0 amide bonds. The fraction of sp³-hybridized carbons (Fsp3) is 0.304. The summed E-state index contributed by atoms with van der Waals surface area (Å²) in [5.41, 5.74) is 2.00. The van der Waals surface area contributed by atoms with E-state index in [0.717, 1.165) is 5.56 Å². The van der Waals surface area contributed by atoms with Crippen molar-refractivity contribution < 1.29 is 28.2 Å². The van der Waals surface area contributed by atoms with Crippen molar-refractivity contribution in [3.63, 3.8) is 0 Å². The summed E-state index contributed by atoms with van der Waals surface area (Å²) in [6.45, 7) is 1.88. The first-order chi connectivity index (χ1) is 14.0. The third-order valence-corrected chi connectivity index (χ3v) is 5.00. The van der Waals surface area contributed by atoms with E-state index in [9.17, 15) is 14.0 Å². The van der Waals surface area contributed by atoms with E-state index in [4.69, 9.17) is 14.2 Å². The Morgan fingerprint density at radius 3 is 2.38 bits per heavy atom. The van der Waals surface area contributed by atoms with E-state index in [1.165, 1.54) is 32.4 Å². The molecule has 152 valence electrons. The number of methoxy groups -OCH3 is 2. The van der Waals surface area contributed by atoms with Crippen molar-refractivity contribution in [3.8, 4) is 11.5 Å². The molecule has 5 nitrogen and oxygen atoms in total. The van der Waals surface area contributed by atoms with Gasteiger partial charge >= 0.3 is 5.97 Å². The lowest BCUT2D eigenvalue weighted by Gasteiger charge is -2.30. The Balaban J connectivity index is 2.09. The molecule has 29 heavy (non-hydrogen) atoms. The number of halogens is 1. The summed E-state index contributed by atoms with van der Waals surface area (Å²) in [5, 5.41) is 0. The van der Waals surface area contributed by atoms with Gasteiger partial charge < -0.3 is 14.2 Å². The first-order valence-electron chi connectivity index (χ1n) is 9.36. The molecule has 0 aliphatic heterocycles. The molecule has 0 saturated heterocycles. The molecule has 3 rings (SSSR count). The lowest BCUT2D eigenvalue weighted by Crippen LogP contribution is -2.34. The van der Waals surface area contributed by atoms with Crippen molar-refractivity contribution in [1.29, 1.82) is 0 Å². The fourth-order valence-electron chi connectivity index (χ4n) is 3.63. The minimum Gasteiger partial charge on any atom is -0.497 e. The molecular formula is C23H23FO5. The van der Waals surface area contributed by atoms with E-state index in [1.54, 1.807) is 37.3 Å². The van der Waals surface area contributed by atoms with Crippen molar-refractivity contribution in [2.24, 2.45) is 5.92 Å². The van der Waals surface area contributed by atoms with Gasteiger partial charge in [-0.15, -0.1) is 0 Å². The minimum atomic E-state index is -0.982. The van der Waals surface area contributed by atoms with E-state index in [2.05, 4.69) is 0 Å². The van der Waals surface area contributed by atoms with Crippen LogP contribution in [0, 0.1) is 11.7 Å². The molecule has 6 heteroatoms. The van der Waals surface area contributed by atoms with E-state index >= 15 is 0 Å². The number of hydrogen-bond donors (Lipinski definition) is 0. The number of esters is 1. The van der Waals surface area contributed by atoms with Crippen molar-refractivity contribution >= 4 is 17.3 Å². The molecule has 0 heterocycles. The van der Waals surface area contributed by atoms with Gasteiger partial charge in [0.1, 0.15) is 23.2 Å². The van der Waals surface area contributed by atoms with Crippen LogP contribution in [0.5, 0.6) is 11.5 Å². The highest BCUT2D eigenvalue weighted by molar-refractivity contribution is 6.10. The molecule has 2 atom stereocenters.